The molecule has 96 valence electrons. The molecule has 2 rings (SSSR count). The van der Waals surface area contributed by atoms with Crippen LogP contribution in [0.4, 0.5) is 0 Å². The highest BCUT2D eigenvalue weighted by atomic mass is 16.5. The minimum absolute atomic E-state index is 0.0747. The molecule has 0 radical (unpaired) electrons. The van der Waals surface area contributed by atoms with Crippen molar-refractivity contribution >= 4 is 0 Å². The van der Waals surface area contributed by atoms with Crippen molar-refractivity contribution in [2.75, 3.05) is 26.2 Å². The quantitative estimate of drug-likeness (QED) is 0.831. The molecule has 1 aliphatic heterocycles. The molecular weight excluding hydrogens is 216 g/mol. The summed E-state index contributed by atoms with van der Waals surface area (Å²) in [6, 6.07) is 0.237. The molecule has 1 aliphatic rings. The van der Waals surface area contributed by atoms with Gasteiger partial charge in [-0.05, 0) is 13.0 Å². The van der Waals surface area contributed by atoms with E-state index in [1.165, 1.54) is 5.69 Å². The van der Waals surface area contributed by atoms with Crippen molar-refractivity contribution in [1.29, 1.82) is 0 Å². The number of aromatic nitrogens is 2. The first-order valence-electron chi connectivity index (χ1n) is 6.29. The zero-order valence-electron chi connectivity index (χ0n) is 10.7. The Balaban J connectivity index is 2.25. The molecule has 2 atom stereocenters. The summed E-state index contributed by atoms with van der Waals surface area (Å²) >= 11 is 0. The number of nitrogens with zero attached hydrogens (tertiary/aromatic N) is 3. The van der Waals surface area contributed by atoms with E-state index in [4.69, 9.17) is 10.5 Å². The van der Waals surface area contributed by atoms with Gasteiger partial charge in [0.25, 0.3) is 0 Å². The normalized spacial score (nSPS) is 26.3. The van der Waals surface area contributed by atoms with Crippen LogP contribution in [0.1, 0.15) is 25.1 Å². The Morgan fingerprint density at radius 3 is 3.00 bits per heavy atom. The molecule has 2 unspecified atom stereocenters. The van der Waals surface area contributed by atoms with Crippen LogP contribution < -0.4 is 5.73 Å². The summed E-state index contributed by atoms with van der Waals surface area (Å²) in [5.41, 5.74) is 7.02. The van der Waals surface area contributed by atoms with Crippen LogP contribution in [0.2, 0.25) is 0 Å². The SMILES string of the molecule is CCCN1CCOC(CN)C1c1cncn1C. The topological polar surface area (TPSA) is 56.3 Å². The molecule has 2 N–H and O–H groups in total. The van der Waals surface area contributed by atoms with Crippen molar-refractivity contribution in [3.8, 4) is 0 Å². The molecule has 0 saturated carbocycles. The van der Waals surface area contributed by atoms with Gasteiger partial charge in [-0.15, -0.1) is 0 Å². The molecule has 0 amide bonds. The molecule has 0 aromatic carbocycles. The summed E-state index contributed by atoms with van der Waals surface area (Å²) in [7, 11) is 2.02. The van der Waals surface area contributed by atoms with E-state index in [0.29, 0.717) is 6.54 Å². The van der Waals surface area contributed by atoms with Crippen LogP contribution in [-0.2, 0) is 11.8 Å². The number of aryl methyl sites for hydroxylation is 1. The number of hydrogen-bond donors (Lipinski definition) is 1. The Hall–Kier alpha value is -0.910. The summed E-state index contributed by atoms with van der Waals surface area (Å²) in [6.45, 7) is 5.58. The molecule has 0 bridgehead atoms. The summed E-state index contributed by atoms with van der Waals surface area (Å²) in [6.07, 6.45) is 4.98. The van der Waals surface area contributed by atoms with Crippen LogP contribution in [0.5, 0.6) is 0 Å². The molecule has 0 spiro atoms. The summed E-state index contributed by atoms with van der Waals surface area (Å²) in [5, 5.41) is 0. The van der Waals surface area contributed by atoms with E-state index in [0.717, 1.165) is 26.1 Å². The average molecular weight is 238 g/mol. The number of rotatable bonds is 4. The zero-order valence-corrected chi connectivity index (χ0v) is 10.7. The standard InChI is InChI=1S/C12H22N4O/c1-3-4-16-5-6-17-11(7-13)12(16)10-8-14-9-15(10)2/h8-9,11-12H,3-7,13H2,1-2H3. The Morgan fingerprint density at radius 2 is 2.41 bits per heavy atom. The van der Waals surface area contributed by atoms with Crippen molar-refractivity contribution in [3.05, 3.63) is 18.2 Å². The molecule has 17 heavy (non-hydrogen) atoms. The van der Waals surface area contributed by atoms with Gasteiger partial charge in [0.05, 0.1) is 30.8 Å². The van der Waals surface area contributed by atoms with Crippen LogP contribution in [0.25, 0.3) is 0 Å². The number of ether oxygens (including phenoxy) is 1. The van der Waals surface area contributed by atoms with E-state index in [9.17, 15) is 0 Å². The summed E-state index contributed by atoms with van der Waals surface area (Å²) in [5.74, 6) is 0. The fourth-order valence-corrected chi connectivity index (χ4v) is 2.55. The average Bonchev–Trinajstić information content (AvgIpc) is 2.75. The maximum Gasteiger partial charge on any atom is 0.0946 e. The highest BCUT2D eigenvalue weighted by Crippen LogP contribution is 2.28. The van der Waals surface area contributed by atoms with Gasteiger partial charge >= 0.3 is 0 Å². The highest BCUT2D eigenvalue weighted by molar-refractivity contribution is 5.09. The van der Waals surface area contributed by atoms with E-state index < -0.39 is 0 Å². The molecule has 0 aliphatic carbocycles. The first-order chi connectivity index (χ1) is 8.27. The van der Waals surface area contributed by atoms with Crippen LogP contribution in [0.3, 0.4) is 0 Å². The Kier molecular flexibility index (Phi) is 4.15. The largest absolute Gasteiger partial charge is 0.374 e. The van der Waals surface area contributed by atoms with Crippen molar-refractivity contribution in [3.63, 3.8) is 0 Å². The van der Waals surface area contributed by atoms with Crippen LogP contribution >= 0.6 is 0 Å². The van der Waals surface area contributed by atoms with Gasteiger partial charge < -0.3 is 15.0 Å². The fraction of sp³-hybridized carbons (Fsp3) is 0.750. The molecule has 2 heterocycles. The second-order valence-corrected chi connectivity index (χ2v) is 4.56. The third-order valence-electron chi connectivity index (χ3n) is 3.36. The van der Waals surface area contributed by atoms with Gasteiger partial charge in [0.2, 0.25) is 0 Å². The second-order valence-electron chi connectivity index (χ2n) is 4.56. The second kappa shape index (κ2) is 5.62. The summed E-state index contributed by atoms with van der Waals surface area (Å²) in [4.78, 5) is 6.66. The van der Waals surface area contributed by atoms with Crippen molar-refractivity contribution in [1.82, 2.24) is 14.5 Å². The van der Waals surface area contributed by atoms with Gasteiger partial charge in [-0.3, -0.25) is 4.90 Å². The molecule has 1 saturated heterocycles. The Labute approximate surface area is 103 Å². The maximum atomic E-state index is 5.83. The highest BCUT2D eigenvalue weighted by Gasteiger charge is 2.33. The minimum Gasteiger partial charge on any atom is -0.374 e. The smallest absolute Gasteiger partial charge is 0.0946 e. The van der Waals surface area contributed by atoms with Crippen molar-refractivity contribution in [2.24, 2.45) is 12.8 Å². The van der Waals surface area contributed by atoms with E-state index in [1.54, 1.807) is 0 Å². The lowest BCUT2D eigenvalue weighted by molar-refractivity contribution is -0.0698. The lowest BCUT2D eigenvalue weighted by Gasteiger charge is -2.40. The van der Waals surface area contributed by atoms with Gasteiger partial charge in [-0.25, -0.2) is 4.98 Å². The molecule has 1 fully saturated rings. The van der Waals surface area contributed by atoms with E-state index in [1.807, 2.05) is 19.6 Å². The zero-order chi connectivity index (χ0) is 12.3. The van der Waals surface area contributed by atoms with Crippen molar-refractivity contribution in [2.45, 2.75) is 25.5 Å². The van der Waals surface area contributed by atoms with Crippen LogP contribution in [0.15, 0.2) is 12.5 Å². The molecular formula is C12H22N4O. The predicted octanol–water partition coefficient (Wildman–Crippen LogP) is 0.531. The van der Waals surface area contributed by atoms with E-state index in [2.05, 4.69) is 21.4 Å². The Bertz CT molecular complexity index is 350. The molecule has 1 aromatic heterocycles. The first-order valence-corrected chi connectivity index (χ1v) is 6.29. The number of nitrogens with two attached hydrogens (primary N) is 1. The van der Waals surface area contributed by atoms with Gasteiger partial charge in [-0.1, -0.05) is 6.92 Å². The van der Waals surface area contributed by atoms with Gasteiger partial charge in [0.1, 0.15) is 0 Å². The van der Waals surface area contributed by atoms with E-state index in [-0.39, 0.29) is 12.1 Å². The van der Waals surface area contributed by atoms with Gasteiger partial charge in [0.15, 0.2) is 0 Å². The van der Waals surface area contributed by atoms with Gasteiger partial charge in [0, 0.05) is 26.3 Å². The lowest BCUT2D eigenvalue weighted by Crippen LogP contribution is -2.49. The lowest BCUT2D eigenvalue weighted by atomic mass is 10.0. The first kappa shape index (κ1) is 12.5. The van der Waals surface area contributed by atoms with E-state index >= 15 is 0 Å². The van der Waals surface area contributed by atoms with Crippen LogP contribution in [-0.4, -0.2) is 46.8 Å². The third kappa shape index (κ3) is 2.51. The monoisotopic (exact) mass is 238 g/mol. The molecule has 1 aromatic rings. The number of imidazole rings is 1. The third-order valence-corrected chi connectivity index (χ3v) is 3.36. The van der Waals surface area contributed by atoms with Gasteiger partial charge in [-0.2, -0.15) is 0 Å². The molecule has 5 nitrogen and oxygen atoms in total. The maximum absolute atomic E-state index is 5.83. The predicted molar refractivity (Wildman–Crippen MR) is 66.6 cm³/mol. The number of hydrogen-bond acceptors (Lipinski definition) is 4. The minimum atomic E-state index is 0.0747. The van der Waals surface area contributed by atoms with Crippen molar-refractivity contribution < 1.29 is 4.74 Å². The number of morpholine rings is 1. The summed E-state index contributed by atoms with van der Waals surface area (Å²) < 4.78 is 7.85. The Morgan fingerprint density at radius 1 is 1.59 bits per heavy atom. The fourth-order valence-electron chi connectivity index (χ4n) is 2.55. The molecule has 5 heteroatoms. The van der Waals surface area contributed by atoms with Crippen LogP contribution in [0, 0.1) is 0 Å².